The lowest BCUT2D eigenvalue weighted by Gasteiger charge is -2.37. The minimum Gasteiger partial charge on any atom is -0.496 e. The van der Waals surface area contributed by atoms with Gasteiger partial charge in [-0.15, -0.1) is 0 Å². The summed E-state index contributed by atoms with van der Waals surface area (Å²) in [7, 11) is 1.62. The van der Waals surface area contributed by atoms with Gasteiger partial charge in [-0.25, -0.2) is 0 Å². The smallest absolute Gasteiger partial charge is 0.314 e. The molecule has 2 rings (SSSR count). The largest absolute Gasteiger partial charge is 0.496 e. The lowest BCUT2D eigenvalue weighted by Crippen LogP contribution is -2.50. The van der Waals surface area contributed by atoms with Gasteiger partial charge in [-0.05, 0) is 31.4 Å². The minimum atomic E-state index is -0.796. The van der Waals surface area contributed by atoms with Crippen LogP contribution in [-0.4, -0.2) is 31.4 Å². The van der Waals surface area contributed by atoms with Gasteiger partial charge in [0.15, 0.2) is 0 Å². The summed E-state index contributed by atoms with van der Waals surface area (Å²) < 4.78 is 10.5. The van der Waals surface area contributed by atoms with Gasteiger partial charge >= 0.3 is 5.97 Å². The highest BCUT2D eigenvalue weighted by atomic mass is 16.5. The third-order valence-electron chi connectivity index (χ3n) is 3.44. The highest BCUT2D eigenvalue weighted by Gasteiger charge is 2.46. The maximum atomic E-state index is 11.4. The molecule has 1 aliphatic heterocycles. The van der Waals surface area contributed by atoms with E-state index in [0.717, 1.165) is 22.4 Å². The fraction of sp³-hybridized carbons (Fsp3) is 0.500. The molecular formula is C14H18O4. The van der Waals surface area contributed by atoms with Gasteiger partial charge in [0.1, 0.15) is 11.2 Å². The zero-order valence-corrected chi connectivity index (χ0v) is 10.9. The number of carbonyl (C=O) groups is 1. The highest BCUT2D eigenvalue weighted by Crippen LogP contribution is 2.36. The molecular weight excluding hydrogens is 232 g/mol. The number of ether oxygens (including phenoxy) is 2. The Hall–Kier alpha value is -1.55. The maximum absolute atomic E-state index is 11.4. The lowest BCUT2D eigenvalue weighted by atomic mass is 9.79. The van der Waals surface area contributed by atoms with Crippen LogP contribution in [0.1, 0.15) is 16.7 Å². The van der Waals surface area contributed by atoms with Crippen molar-refractivity contribution >= 4 is 5.97 Å². The van der Waals surface area contributed by atoms with E-state index in [-0.39, 0.29) is 13.2 Å². The van der Waals surface area contributed by atoms with Crippen molar-refractivity contribution in [2.45, 2.75) is 20.3 Å². The average Bonchev–Trinajstić information content (AvgIpc) is 2.22. The van der Waals surface area contributed by atoms with Crippen molar-refractivity contribution < 1.29 is 19.4 Å². The van der Waals surface area contributed by atoms with E-state index in [0.29, 0.717) is 6.42 Å². The summed E-state index contributed by atoms with van der Waals surface area (Å²) in [5.74, 6) is -0.0110. The molecule has 1 N–H and O–H groups in total. The van der Waals surface area contributed by atoms with Gasteiger partial charge in [0.25, 0.3) is 0 Å². The van der Waals surface area contributed by atoms with Crippen LogP contribution in [0.5, 0.6) is 5.75 Å². The summed E-state index contributed by atoms with van der Waals surface area (Å²) in [4.78, 5) is 11.4. The fourth-order valence-electron chi connectivity index (χ4n) is 2.48. The van der Waals surface area contributed by atoms with E-state index in [1.807, 2.05) is 26.0 Å². The molecule has 98 valence electrons. The zero-order valence-electron chi connectivity index (χ0n) is 10.9. The standard InChI is InChI=1S/C14H18O4/c1-9-4-10(2)12(17-3)11(5-9)6-14(13(15)16)7-18-8-14/h4-5H,6-8H2,1-3H3,(H,15,16). The molecule has 0 atom stereocenters. The molecule has 1 saturated heterocycles. The lowest BCUT2D eigenvalue weighted by molar-refractivity contribution is -0.179. The van der Waals surface area contributed by atoms with Gasteiger partial charge in [-0.3, -0.25) is 4.79 Å². The normalized spacial score (nSPS) is 17.1. The molecule has 1 aliphatic rings. The van der Waals surface area contributed by atoms with Gasteiger partial charge < -0.3 is 14.6 Å². The molecule has 4 heteroatoms. The molecule has 0 saturated carbocycles. The van der Waals surface area contributed by atoms with Crippen LogP contribution >= 0.6 is 0 Å². The number of carboxylic acids is 1. The number of aryl methyl sites for hydroxylation is 2. The maximum Gasteiger partial charge on any atom is 0.314 e. The van der Waals surface area contributed by atoms with E-state index in [4.69, 9.17) is 9.47 Å². The van der Waals surface area contributed by atoms with Crippen molar-refractivity contribution in [3.8, 4) is 5.75 Å². The molecule has 4 nitrogen and oxygen atoms in total. The minimum absolute atomic E-state index is 0.276. The molecule has 0 spiro atoms. The topological polar surface area (TPSA) is 55.8 Å². The Morgan fingerprint density at radius 3 is 2.56 bits per heavy atom. The van der Waals surface area contributed by atoms with Crippen molar-refractivity contribution in [3.63, 3.8) is 0 Å². The average molecular weight is 250 g/mol. The predicted molar refractivity (Wildman–Crippen MR) is 67.1 cm³/mol. The summed E-state index contributed by atoms with van der Waals surface area (Å²) in [5.41, 5.74) is 2.31. The second-order valence-corrected chi connectivity index (χ2v) is 5.03. The van der Waals surface area contributed by atoms with Gasteiger partial charge in [-0.2, -0.15) is 0 Å². The molecule has 1 aromatic rings. The number of carboxylic acid groups (broad SMARTS) is 1. The third kappa shape index (κ3) is 2.08. The first-order chi connectivity index (χ1) is 8.48. The molecule has 1 heterocycles. The molecule has 1 fully saturated rings. The highest BCUT2D eigenvalue weighted by molar-refractivity contribution is 5.76. The molecule has 0 bridgehead atoms. The van der Waals surface area contributed by atoms with Crippen LogP contribution in [0.4, 0.5) is 0 Å². The Kier molecular flexibility index (Phi) is 3.30. The van der Waals surface area contributed by atoms with Crippen molar-refractivity contribution in [2.75, 3.05) is 20.3 Å². The summed E-state index contributed by atoms with van der Waals surface area (Å²) in [6.07, 6.45) is 0.452. The third-order valence-corrected chi connectivity index (χ3v) is 3.44. The summed E-state index contributed by atoms with van der Waals surface area (Å²) in [5, 5.41) is 9.33. The van der Waals surface area contributed by atoms with E-state index in [2.05, 4.69) is 0 Å². The summed E-state index contributed by atoms with van der Waals surface area (Å²) in [6, 6.07) is 4.03. The van der Waals surface area contributed by atoms with Crippen LogP contribution in [0, 0.1) is 19.3 Å². The Morgan fingerprint density at radius 2 is 2.11 bits per heavy atom. The number of methoxy groups -OCH3 is 1. The second kappa shape index (κ2) is 4.61. The Morgan fingerprint density at radius 1 is 1.44 bits per heavy atom. The molecule has 0 amide bonds. The predicted octanol–water partition coefficient (Wildman–Crippen LogP) is 1.96. The van der Waals surface area contributed by atoms with Crippen LogP contribution in [0.15, 0.2) is 12.1 Å². The Bertz CT molecular complexity index is 475. The molecule has 18 heavy (non-hydrogen) atoms. The Balaban J connectivity index is 2.36. The summed E-state index contributed by atoms with van der Waals surface area (Å²) in [6.45, 7) is 4.53. The molecule has 1 aromatic carbocycles. The van der Waals surface area contributed by atoms with Crippen LogP contribution < -0.4 is 4.74 Å². The van der Waals surface area contributed by atoms with Crippen LogP contribution in [-0.2, 0) is 16.0 Å². The molecule has 0 aliphatic carbocycles. The second-order valence-electron chi connectivity index (χ2n) is 5.03. The van der Waals surface area contributed by atoms with Crippen molar-refractivity contribution in [3.05, 3.63) is 28.8 Å². The number of hydrogen-bond acceptors (Lipinski definition) is 3. The van der Waals surface area contributed by atoms with E-state index < -0.39 is 11.4 Å². The van der Waals surface area contributed by atoms with Crippen molar-refractivity contribution in [2.24, 2.45) is 5.41 Å². The van der Waals surface area contributed by atoms with E-state index >= 15 is 0 Å². The number of rotatable bonds is 4. The van der Waals surface area contributed by atoms with Gasteiger partial charge in [-0.1, -0.05) is 17.7 Å². The SMILES string of the molecule is COc1c(C)cc(C)cc1CC1(C(=O)O)COC1. The Labute approximate surface area is 107 Å². The fourth-order valence-corrected chi connectivity index (χ4v) is 2.48. The van der Waals surface area contributed by atoms with Gasteiger partial charge in [0, 0.05) is 0 Å². The van der Waals surface area contributed by atoms with E-state index in [1.54, 1.807) is 7.11 Å². The van der Waals surface area contributed by atoms with Crippen molar-refractivity contribution in [1.29, 1.82) is 0 Å². The molecule has 0 unspecified atom stereocenters. The first-order valence-corrected chi connectivity index (χ1v) is 5.94. The summed E-state index contributed by atoms with van der Waals surface area (Å²) >= 11 is 0. The monoisotopic (exact) mass is 250 g/mol. The van der Waals surface area contributed by atoms with Crippen molar-refractivity contribution in [1.82, 2.24) is 0 Å². The van der Waals surface area contributed by atoms with Gasteiger partial charge in [0.2, 0.25) is 0 Å². The quantitative estimate of drug-likeness (QED) is 0.887. The van der Waals surface area contributed by atoms with E-state index in [9.17, 15) is 9.90 Å². The zero-order chi connectivity index (χ0) is 13.3. The first-order valence-electron chi connectivity index (χ1n) is 5.94. The van der Waals surface area contributed by atoms with Crippen LogP contribution in [0.25, 0.3) is 0 Å². The number of aliphatic carboxylic acids is 1. The van der Waals surface area contributed by atoms with Gasteiger partial charge in [0.05, 0.1) is 20.3 Å². The molecule has 0 radical (unpaired) electrons. The van der Waals surface area contributed by atoms with Crippen LogP contribution in [0.2, 0.25) is 0 Å². The van der Waals surface area contributed by atoms with Crippen LogP contribution in [0.3, 0.4) is 0 Å². The number of hydrogen-bond donors (Lipinski definition) is 1. The number of benzene rings is 1. The van der Waals surface area contributed by atoms with E-state index in [1.165, 1.54) is 0 Å². The first kappa shape index (κ1) is 12.9. The molecule has 0 aromatic heterocycles.